The highest BCUT2D eigenvalue weighted by Gasteiger charge is 2.17. The van der Waals surface area contributed by atoms with Crippen LogP contribution in [0.1, 0.15) is 62.8 Å². The molecule has 3 nitrogen and oxygen atoms in total. The zero-order chi connectivity index (χ0) is 22.2. The fourth-order valence-electron chi connectivity index (χ4n) is 4.20. The molecule has 1 aliphatic carbocycles. The molecule has 1 N–H and O–H groups in total. The zero-order valence-corrected chi connectivity index (χ0v) is 20.6. The topological polar surface area (TPSA) is 36.1 Å². The predicted octanol–water partition coefficient (Wildman–Crippen LogP) is 6.78. The van der Waals surface area contributed by atoms with Crippen LogP contribution in [0.5, 0.6) is 0 Å². The van der Waals surface area contributed by atoms with E-state index in [1.165, 1.54) is 25.7 Å². The van der Waals surface area contributed by atoms with Crippen molar-refractivity contribution in [1.29, 1.82) is 0 Å². The number of benzene rings is 1. The molecule has 0 saturated heterocycles. The Morgan fingerprint density at radius 1 is 1.19 bits per heavy atom. The number of allylic oxidation sites excluding steroid dienone is 1. The maximum Gasteiger partial charge on any atom is 0.251 e. The molecule has 1 aliphatic rings. The Morgan fingerprint density at radius 2 is 1.94 bits per heavy atom. The summed E-state index contributed by atoms with van der Waals surface area (Å²) >= 11 is 8.53. The highest BCUT2D eigenvalue weighted by Crippen LogP contribution is 2.35. The van der Waals surface area contributed by atoms with Crippen molar-refractivity contribution in [1.82, 2.24) is 9.88 Å². The molecule has 2 aromatic rings. The van der Waals surface area contributed by atoms with Crippen LogP contribution in [0.4, 0.5) is 0 Å². The summed E-state index contributed by atoms with van der Waals surface area (Å²) in [7, 11) is 0. The molecule has 5 heteroatoms. The van der Waals surface area contributed by atoms with Gasteiger partial charge in [0, 0.05) is 21.7 Å². The van der Waals surface area contributed by atoms with E-state index >= 15 is 0 Å². The average Bonchev–Trinajstić information content (AvgIpc) is 3.28. The van der Waals surface area contributed by atoms with Crippen LogP contribution in [0.3, 0.4) is 0 Å². The summed E-state index contributed by atoms with van der Waals surface area (Å²) in [5, 5.41) is 0.789. The highest BCUT2D eigenvalue weighted by molar-refractivity contribution is 7.99. The number of nitrogens with one attached hydrogen (secondary N) is 1. The minimum atomic E-state index is -0.0266. The molecule has 31 heavy (non-hydrogen) atoms. The Balaban J connectivity index is 1.79. The van der Waals surface area contributed by atoms with Crippen molar-refractivity contribution in [2.75, 3.05) is 25.4 Å². The zero-order valence-electron chi connectivity index (χ0n) is 19.0. The first kappa shape index (κ1) is 24.2. The number of nitrogens with zero attached hydrogens (tertiary/aromatic N) is 1. The molecule has 1 heterocycles. The van der Waals surface area contributed by atoms with Gasteiger partial charge in [0.2, 0.25) is 0 Å². The third-order valence-electron chi connectivity index (χ3n) is 6.21. The molecule has 0 spiro atoms. The van der Waals surface area contributed by atoms with Gasteiger partial charge in [0.25, 0.3) is 5.56 Å². The van der Waals surface area contributed by atoms with E-state index in [1.807, 2.05) is 30.8 Å². The predicted molar refractivity (Wildman–Crippen MR) is 135 cm³/mol. The molecule has 1 saturated carbocycles. The summed E-state index contributed by atoms with van der Waals surface area (Å²) in [5.74, 6) is 1.62. The van der Waals surface area contributed by atoms with Crippen molar-refractivity contribution in [2.24, 2.45) is 5.92 Å². The Morgan fingerprint density at radius 3 is 2.58 bits per heavy atom. The molecular weight excluding hydrogens is 424 g/mol. The van der Waals surface area contributed by atoms with Crippen LogP contribution >= 0.6 is 23.4 Å². The van der Waals surface area contributed by atoms with Gasteiger partial charge in [-0.3, -0.25) is 4.79 Å². The number of hydrogen-bond donors (Lipinski definition) is 1. The van der Waals surface area contributed by atoms with Crippen molar-refractivity contribution in [3.05, 3.63) is 68.6 Å². The molecular formula is C26H35ClN2OS. The summed E-state index contributed by atoms with van der Waals surface area (Å²) in [6, 6.07) is 10.3. The minimum absolute atomic E-state index is 0.0266. The van der Waals surface area contributed by atoms with Crippen LogP contribution in [0.2, 0.25) is 5.02 Å². The lowest BCUT2D eigenvalue weighted by Gasteiger charge is -2.17. The molecule has 168 valence electrons. The van der Waals surface area contributed by atoms with Crippen molar-refractivity contribution >= 4 is 28.9 Å². The molecule has 1 aromatic heterocycles. The first-order valence-electron chi connectivity index (χ1n) is 11.6. The summed E-state index contributed by atoms with van der Waals surface area (Å²) in [5.41, 5.74) is 3.74. The normalized spacial score (nSPS) is 15.2. The lowest BCUT2D eigenvalue weighted by atomic mass is 9.96. The van der Waals surface area contributed by atoms with Gasteiger partial charge in [0.1, 0.15) is 0 Å². The largest absolute Gasteiger partial charge is 0.322 e. The van der Waals surface area contributed by atoms with Crippen molar-refractivity contribution < 1.29 is 0 Å². The van der Waals surface area contributed by atoms with E-state index in [9.17, 15) is 4.79 Å². The second-order valence-corrected chi connectivity index (χ2v) is 9.93. The molecule has 1 aromatic carbocycles. The maximum atomic E-state index is 12.3. The first-order valence-corrected chi connectivity index (χ1v) is 12.9. The van der Waals surface area contributed by atoms with Gasteiger partial charge in [-0.15, -0.1) is 11.8 Å². The number of pyridine rings is 1. The molecule has 0 aliphatic heterocycles. The monoisotopic (exact) mass is 458 g/mol. The third-order valence-corrected chi connectivity index (χ3v) is 7.80. The summed E-state index contributed by atoms with van der Waals surface area (Å²) in [6.45, 7) is 9.60. The van der Waals surface area contributed by atoms with E-state index in [2.05, 4.69) is 48.0 Å². The van der Waals surface area contributed by atoms with E-state index in [1.54, 1.807) is 0 Å². The van der Waals surface area contributed by atoms with Gasteiger partial charge in [0.05, 0.1) is 5.02 Å². The van der Waals surface area contributed by atoms with E-state index in [-0.39, 0.29) is 5.56 Å². The summed E-state index contributed by atoms with van der Waals surface area (Å²) in [4.78, 5) is 18.9. The molecule has 3 rings (SSSR count). The fourth-order valence-corrected chi connectivity index (χ4v) is 5.40. The standard InChI is InChI=1S/C26H35ClN2OS/c1-4-29(5-2)15-8-16-31-25-14-12-21(18-23(25)27)22(17-20-9-6-7-10-20)24-13-11-19(3)26(30)28-24/h11-14,17-18,20H,4-10,15-16H2,1-3H3,(H,28,30)/b22-17-. The number of halogens is 1. The molecule has 0 bridgehead atoms. The van der Waals surface area contributed by atoms with E-state index in [0.717, 1.165) is 64.1 Å². The van der Waals surface area contributed by atoms with Crippen LogP contribution < -0.4 is 5.56 Å². The van der Waals surface area contributed by atoms with Crippen LogP contribution in [0.15, 0.2) is 46.1 Å². The quantitative estimate of drug-likeness (QED) is 0.314. The van der Waals surface area contributed by atoms with Crippen LogP contribution in [-0.2, 0) is 0 Å². The second kappa shape index (κ2) is 11.9. The van der Waals surface area contributed by atoms with Gasteiger partial charge in [-0.25, -0.2) is 0 Å². The van der Waals surface area contributed by atoms with E-state index < -0.39 is 0 Å². The van der Waals surface area contributed by atoms with Gasteiger partial charge < -0.3 is 9.88 Å². The lowest BCUT2D eigenvalue weighted by Crippen LogP contribution is -2.24. The number of aromatic amines is 1. The smallest absolute Gasteiger partial charge is 0.251 e. The molecule has 0 amide bonds. The average molecular weight is 459 g/mol. The molecule has 0 atom stereocenters. The van der Waals surface area contributed by atoms with Gasteiger partial charge in [-0.05, 0) is 81.3 Å². The van der Waals surface area contributed by atoms with Gasteiger partial charge in [0.15, 0.2) is 0 Å². The molecule has 0 radical (unpaired) electrons. The van der Waals surface area contributed by atoms with E-state index in [0.29, 0.717) is 5.92 Å². The van der Waals surface area contributed by atoms with Gasteiger partial charge in [-0.2, -0.15) is 0 Å². The number of rotatable bonds is 10. The molecule has 0 unspecified atom stereocenters. The number of thioether (sulfide) groups is 1. The molecule has 1 fully saturated rings. The maximum absolute atomic E-state index is 12.3. The number of aryl methyl sites for hydroxylation is 1. The Kier molecular flexibility index (Phi) is 9.30. The van der Waals surface area contributed by atoms with Gasteiger partial charge >= 0.3 is 0 Å². The fraction of sp³-hybridized carbons (Fsp3) is 0.500. The lowest BCUT2D eigenvalue weighted by molar-refractivity contribution is 0.305. The second-order valence-electron chi connectivity index (χ2n) is 8.38. The Labute approximate surface area is 196 Å². The van der Waals surface area contributed by atoms with Crippen molar-refractivity contribution in [2.45, 2.75) is 57.8 Å². The van der Waals surface area contributed by atoms with Crippen LogP contribution in [-0.4, -0.2) is 35.3 Å². The summed E-state index contributed by atoms with van der Waals surface area (Å²) in [6.07, 6.45) is 8.49. The Bertz CT molecular complexity index is 943. The Hall–Kier alpha value is -1.49. The minimum Gasteiger partial charge on any atom is -0.322 e. The van der Waals surface area contributed by atoms with Crippen LogP contribution in [0.25, 0.3) is 5.57 Å². The van der Waals surface area contributed by atoms with Gasteiger partial charge in [-0.1, -0.05) is 56.5 Å². The highest BCUT2D eigenvalue weighted by atomic mass is 35.5. The number of hydrogen-bond acceptors (Lipinski definition) is 3. The number of H-pyrrole nitrogens is 1. The van der Waals surface area contributed by atoms with Crippen molar-refractivity contribution in [3.63, 3.8) is 0 Å². The van der Waals surface area contributed by atoms with Crippen molar-refractivity contribution in [3.8, 4) is 0 Å². The summed E-state index contributed by atoms with van der Waals surface area (Å²) < 4.78 is 0. The third kappa shape index (κ3) is 6.74. The first-order chi connectivity index (χ1) is 15.0. The van der Waals surface area contributed by atoms with Crippen LogP contribution in [0, 0.1) is 12.8 Å². The van der Waals surface area contributed by atoms with E-state index in [4.69, 9.17) is 11.6 Å². The SMILES string of the molecule is CCN(CC)CCCSc1ccc(/C(=C/C2CCCC2)c2ccc(C)c(=O)[nH]2)cc1Cl. The number of aromatic nitrogens is 1.